The zero-order chi connectivity index (χ0) is 20.0. The van der Waals surface area contributed by atoms with Gasteiger partial charge in [-0.2, -0.15) is 0 Å². The lowest BCUT2D eigenvalue weighted by Gasteiger charge is -2.22. The number of carbonyl (C=O) groups excluding carboxylic acids is 3. The molecule has 142 valence electrons. The highest BCUT2D eigenvalue weighted by atomic mass is 16.2. The van der Waals surface area contributed by atoms with Crippen LogP contribution in [0, 0.1) is 12.8 Å². The molecule has 0 bridgehead atoms. The first-order valence-corrected chi connectivity index (χ1v) is 8.83. The minimum atomic E-state index is -0.685. The van der Waals surface area contributed by atoms with Crippen LogP contribution in [0.25, 0.3) is 0 Å². The smallest absolute Gasteiger partial charge is 0.252 e. The van der Waals surface area contributed by atoms with Crippen LogP contribution in [-0.2, 0) is 4.79 Å². The van der Waals surface area contributed by atoms with Crippen molar-refractivity contribution in [3.8, 4) is 0 Å². The Morgan fingerprint density at radius 3 is 2.07 bits per heavy atom. The molecule has 1 atom stereocenters. The van der Waals surface area contributed by atoms with Crippen molar-refractivity contribution in [3.63, 3.8) is 0 Å². The fourth-order valence-corrected chi connectivity index (χ4v) is 2.65. The van der Waals surface area contributed by atoms with Crippen LogP contribution < -0.4 is 16.0 Å². The van der Waals surface area contributed by atoms with Crippen molar-refractivity contribution in [2.75, 3.05) is 12.4 Å². The van der Waals surface area contributed by atoms with Gasteiger partial charge in [-0.1, -0.05) is 32.0 Å². The molecule has 1 unspecified atom stereocenters. The molecule has 3 amide bonds. The summed E-state index contributed by atoms with van der Waals surface area (Å²) in [6, 6.07) is 13.1. The summed E-state index contributed by atoms with van der Waals surface area (Å²) in [5.74, 6) is -0.877. The molecule has 0 spiro atoms. The molecule has 0 radical (unpaired) electrons. The molecule has 6 heteroatoms. The molecule has 0 aromatic heterocycles. The molecule has 2 rings (SSSR count). The Kier molecular flexibility index (Phi) is 6.71. The minimum absolute atomic E-state index is 0.0943. The molecule has 27 heavy (non-hydrogen) atoms. The van der Waals surface area contributed by atoms with Crippen molar-refractivity contribution in [1.29, 1.82) is 0 Å². The number of amides is 3. The summed E-state index contributed by atoms with van der Waals surface area (Å²) >= 11 is 0. The predicted octanol–water partition coefficient (Wildman–Crippen LogP) is 2.75. The summed E-state index contributed by atoms with van der Waals surface area (Å²) in [5.41, 5.74) is 2.46. The summed E-state index contributed by atoms with van der Waals surface area (Å²) in [6.07, 6.45) is 0. The highest BCUT2D eigenvalue weighted by Gasteiger charge is 2.25. The van der Waals surface area contributed by atoms with E-state index in [2.05, 4.69) is 16.0 Å². The van der Waals surface area contributed by atoms with E-state index < -0.39 is 6.04 Å². The number of carbonyl (C=O) groups is 3. The first-order chi connectivity index (χ1) is 12.8. The zero-order valence-corrected chi connectivity index (χ0v) is 16.0. The number of rotatable bonds is 6. The van der Waals surface area contributed by atoms with Crippen LogP contribution in [0.5, 0.6) is 0 Å². The topological polar surface area (TPSA) is 87.3 Å². The number of anilines is 1. The molecule has 2 aromatic rings. The van der Waals surface area contributed by atoms with Gasteiger partial charge in [0.1, 0.15) is 6.04 Å². The summed E-state index contributed by atoms with van der Waals surface area (Å²) in [7, 11) is 1.56. The highest BCUT2D eigenvalue weighted by molar-refractivity contribution is 6.02. The van der Waals surface area contributed by atoms with E-state index in [0.717, 1.165) is 5.56 Å². The van der Waals surface area contributed by atoms with Crippen LogP contribution in [0.2, 0.25) is 0 Å². The molecule has 0 fully saturated rings. The average molecular weight is 367 g/mol. The molecule has 0 aliphatic heterocycles. The van der Waals surface area contributed by atoms with Gasteiger partial charge in [0.25, 0.3) is 11.8 Å². The molecule has 3 N–H and O–H groups in total. The molecule has 0 heterocycles. The number of benzene rings is 2. The highest BCUT2D eigenvalue weighted by Crippen LogP contribution is 2.13. The van der Waals surface area contributed by atoms with E-state index in [1.54, 1.807) is 43.4 Å². The van der Waals surface area contributed by atoms with E-state index in [0.29, 0.717) is 16.8 Å². The quantitative estimate of drug-likeness (QED) is 0.734. The summed E-state index contributed by atoms with van der Waals surface area (Å²) in [5, 5.41) is 8.15. The molecular formula is C21H25N3O3. The largest absolute Gasteiger partial charge is 0.355 e. The van der Waals surface area contributed by atoms with Crippen LogP contribution in [-0.4, -0.2) is 30.8 Å². The van der Waals surface area contributed by atoms with Crippen molar-refractivity contribution < 1.29 is 14.4 Å². The van der Waals surface area contributed by atoms with Gasteiger partial charge in [0.15, 0.2) is 0 Å². The van der Waals surface area contributed by atoms with Crippen LogP contribution in [0.1, 0.15) is 40.1 Å². The van der Waals surface area contributed by atoms with Crippen LogP contribution >= 0.6 is 0 Å². The molecule has 0 saturated heterocycles. The molecular weight excluding hydrogens is 342 g/mol. The van der Waals surface area contributed by atoms with Gasteiger partial charge in [0.2, 0.25) is 5.91 Å². The standard InChI is InChI=1S/C21H25N3O3/c1-13(2)18(24-20(26)17-8-6-5-7-14(17)3)21(27)23-16-11-9-15(10-12-16)19(25)22-4/h5-13,18H,1-4H3,(H,22,25)(H,23,27)(H,24,26). The number of hydrogen-bond acceptors (Lipinski definition) is 3. The van der Waals surface area contributed by atoms with Gasteiger partial charge in [-0.05, 0) is 48.7 Å². The molecule has 0 aliphatic rings. The Balaban J connectivity index is 2.10. The van der Waals surface area contributed by atoms with E-state index in [1.807, 2.05) is 32.9 Å². The monoisotopic (exact) mass is 367 g/mol. The first kappa shape index (κ1) is 20.2. The first-order valence-electron chi connectivity index (χ1n) is 8.83. The average Bonchev–Trinajstić information content (AvgIpc) is 2.65. The third-order valence-corrected chi connectivity index (χ3v) is 4.27. The SMILES string of the molecule is CNC(=O)c1ccc(NC(=O)C(NC(=O)c2ccccc2C)C(C)C)cc1. The summed E-state index contributed by atoms with van der Waals surface area (Å²) < 4.78 is 0. The maximum absolute atomic E-state index is 12.7. The fraction of sp³-hybridized carbons (Fsp3) is 0.286. The lowest BCUT2D eigenvalue weighted by Crippen LogP contribution is -2.47. The van der Waals surface area contributed by atoms with Gasteiger partial charge < -0.3 is 16.0 Å². The number of nitrogens with one attached hydrogen (secondary N) is 3. The predicted molar refractivity (Wildman–Crippen MR) is 106 cm³/mol. The van der Waals surface area contributed by atoms with Gasteiger partial charge in [-0.25, -0.2) is 0 Å². The van der Waals surface area contributed by atoms with E-state index in [9.17, 15) is 14.4 Å². The lowest BCUT2D eigenvalue weighted by atomic mass is 10.0. The Morgan fingerprint density at radius 1 is 0.889 bits per heavy atom. The molecule has 0 aliphatic carbocycles. The maximum Gasteiger partial charge on any atom is 0.252 e. The Bertz CT molecular complexity index is 829. The van der Waals surface area contributed by atoms with Gasteiger partial charge in [0, 0.05) is 23.9 Å². The number of hydrogen-bond donors (Lipinski definition) is 3. The third kappa shape index (κ3) is 5.17. The van der Waals surface area contributed by atoms with Crippen molar-refractivity contribution in [2.24, 2.45) is 5.92 Å². The number of aryl methyl sites for hydroxylation is 1. The zero-order valence-electron chi connectivity index (χ0n) is 16.0. The van der Waals surface area contributed by atoms with Gasteiger partial charge in [-0.15, -0.1) is 0 Å². The second-order valence-corrected chi connectivity index (χ2v) is 6.66. The van der Waals surface area contributed by atoms with Crippen LogP contribution in [0.3, 0.4) is 0 Å². The third-order valence-electron chi connectivity index (χ3n) is 4.27. The second-order valence-electron chi connectivity index (χ2n) is 6.66. The Hall–Kier alpha value is -3.15. The van der Waals surface area contributed by atoms with Crippen LogP contribution in [0.15, 0.2) is 48.5 Å². The van der Waals surface area contributed by atoms with E-state index in [1.165, 1.54) is 0 Å². The molecule has 0 saturated carbocycles. The summed E-state index contributed by atoms with van der Waals surface area (Å²) in [4.78, 5) is 36.8. The Labute approximate surface area is 159 Å². The fourth-order valence-electron chi connectivity index (χ4n) is 2.65. The van der Waals surface area contributed by atoms with Crippen molar-refractivity contribution in [3.05, 3.63) is 65.2 Å². The van der Waals surface area contributed by atoms with Crippen molar-refractivity contribution >= 4 is 23.4 Å². The lowest BCUT2D eigenvalue weighted by molar-refractivity contribution is -0.118. The van der Waals surface area contributed by atoms with E-state index in [4.69, 9.17) is 0 Å². The Morgan fingerprint density at radius 2 is 1.52 bits per heavy atom. The minimum Gasteiger partial charge on any atom is -0.355 e. The van der Waals surface area contributed by atoms with Gasteiger partial charge in [0.05, 0.1) is 0 Å². The normalized spacial score (nSPS) is 11.6. The van der Waals surface area contributed by atoms with E-state index in [-0.39, 0.29) is 23.6 Å². The van der Waals surface area contributed by atoms with Gasteiger partial charge in [-0.3, -0.25) is 14.4 Å². The second kappa shape index (κ2) is 8.98. The molecule has 6 nitrogen and oxygen atoms in total. The summed E-state index contributed by atoms with van der Waals surface area (Å²) in [6.45, 7) is 5.60. The van der Waals surface area contributed by atoms with Crippen LogP contribution in [0.4, 0.5) is 5.69 Å². The van der Waals surface area contributed by atoms with Crippen molar-refractivity contribution in [1.82, 2.24) is 10.6 Å². The van der Waals surface area contributed by atoms with Gasteiger partial charge >= 0.3 is 0 Å². The van der Waals surface area contributed by atoms with Crippen molar-refractivity contribution in [2.45, 2.75) is 26.8 Å². The van der Waals surface area contributed by atoms with E-state index >= 15 is 0 Å². The maximum atomic E-state index is 12.7. The molecule has 2 aromatic carbocycles.